The number of fused-ring (bicyclic) bond motifs is 2. The van der Waals surface area contributed by atoms with E-state index in [-0.39, 0.29) is 22.6 Å². The summed E-state index contributed by atoms with van der Waals surface area (Å²) < 4.78 is 0. The normalized spacial score (nSPS) is 13.6. The van der Waals surface area contributed by atoms with Crippen molar-refractivity contribution in [1.29, 1.82) is 0 Å². The van der Waals surface area contributed by atoms with Crippen LogP contribution in [0.3, 0.4) is 0 Å². The number of benzene rings is 2. The maximum Gasteiger partial charge on any atom is 0.196 e. The molecule has 1 aliphatic carbocycles. The van der Waals surface area contributed by atoms with Crippen molar-refractivity contribution in [3.8, 4) is 0 Å². The fourth-order valence-electron chi connectivity index (χ4n) is 21.0. The number of rotatable bonds is 90. The molecular weight excluding hydrogens is 1410 g/mol. The second-order valence-electron chi connectivity index (χ2n) is 39.2. The van der Waals surface area contributed by atoms with Crippen molar-refractivity contribution in [1.82, 2.24) is 0 Å². The van der Waals surface area contributed by atoms with Gasteiger partial charge in [0.05, 0.1) is 11.1 Å². The molecule has 0 spiro atoms. The molecule has 3 rings (SSSR count). The number of hydrogen-bond acceptors (Lipinski definition) is 4. The van der Waals surface area contributed by atoms with E-state index in [0.717, 1.165) is 37.1 Å². The minimum absolute atomic E-state index is 0.0696. The molecule has 4 heteroatoms. The minimum atomic E-state index is -0.207. The number of hydrogen-bond donors (Lipinski definition) is 2. The first-order valence-corrected chi connectivity index (χ1v) is 54.0. The highest BCUT2D eigenvalue weighted by Gasteiger charge is 2.44. The highest BCUT2D eigenvalue weighted by molar-refractivity contribution is 6.32. The van der Waals surface area contributed by atoms with Gasteiger partial charge in [-0.1, -0.05) is 569 Å². The first-order valence-electron chi connectivity index (χ1n) is 54.0. The molecule has 0 aliphatic heterocycles. The van der Waals surface area contributed by atoms with E-state index in [1.54, 1.807) is 0 Å². The van der Waals surface area contributed by atoms with Crippen LogP contribution in [0.1, 0.15) is 628 Å². The van der Waals surface area contributed by atoms with E-state index < -0.39 is 0 Å². The zero-order valence-electron chi connectivity index (χ0n) is 80.6. The van der Waals surface area contributed by atoms with Crippen LogP contribution in [0.15, 0.2) is 36.4 Å². The summed E-state index contributed by atoms with van der Waals surface area (Å²) in [7, 11) is 0. The van der Waals surface area contributed by atoms with Gasteiger partial charge in [0.25, 0.3) is 0 Å². The molecule has 0 saturated carbocycles. The largest absolute Gasteiger partial charge is 0.379 e. The summed E-state index contributed by atoms with van der Waals surface area (Å²) in [6, 6.07) is 12.9. The molecule has 0 heterocycles. The number of carbonyl (C=O) groups is 2. The Morgan fingerprint density at radius 3 is 0.612 bits per heavy atom. The van der Waals surface area contributed by atoms with Gasteiger partial charge in [-0.25, -0.2) is 0 Å². The van der Waals surface area contributed by atoms with Gasteiger partial charge in [-0.3, -0.25) is 9.59 Å². The van der Waals surface area contributed by atoms with Crippen molar-refractivity contribution in [2.45, 2.75) is 607 Å². The van der Waals surface area contributed by atoms with E-state index in [4.69, 9.17) is 10.6 Å². The molecule has 0 bridgehead atoms. The predicted molar refractivity (Wildman–Crippen MR) is 522 cm³/mol. The monoisotopic (exact) mass is 1610 g/mol. The van der Waals surface area contributed by atoms with Gasteiger partial charge in [0.15, 0.2) is 11.6 Å². The average Bonchev–Trinajstić information content (AvgIpc) is 0.732. The molecule has 2 N–H and O–H groups in total. The smallest absolute Gasteiger partial charge is 0.196 e. The summed E-state index contributed by atoms with van der Waals surface area (Å²) >= 11 is 0. The standard InChI is InChI=1S/C112H206N2O2/c1-11-21-29-35-41-47-51-55-61-67-73-81-93-111(94-82-74-68-62-56-52-48-42-36-30-22-12-2,101(97-99(19-9)85-27-17-7)87-77-71-65-59-45-39-33-25-15-5)113-105-91-92-106(108-107(105)109(115)103-89-79-80-90-104(103)110(108)116)114-112(95-83-75-69-63-57-53-49-43-37-31-23-13-3,96-84-76-70-64-58-54-50-44-38-32-24-14-4)102(98-100(20-10)86-28-18-8)88-78-72-66-60-46-40-34-26-16-6/h79-80,89-92,99-102,113-114H,11-78,81-88,93-98H2,1-10H3. The van der Waals surface area contributed by atoms with Gasteiger partial charge in [0.1, 0.15) is 0 Å². The fraction of sp³-hybridized carbons (Fsp3) is 0.875. The molecule has 4 nitrogen and oxygen atoms in total. The predicted octanol–water partition coefficient (Wildman–Crippen LogP) is 39.4. The molecule has 0 amide bonds. The maximum absolute atomic E-state index is 16.6. The number of anilines is 2. The second-order valence-corrected chi connectivity index (χ2v) is 39.2. The molecule has 0 radical (unpaired) electrons. The van der Waals surface area contributed by atoms with E-state index in [1.165, 1.54) is 501 Å². The van der Waals surface area contributed by atoms with Gasteiger partial charge >= 0.3 is 0 Å². The molecule has 0 fully saturated rings. The van der Waals surface area contributed by atoms with Crippen molar-refractivity contribution in [2.75, 3.05) is 10.6 Å². The molecule has 2 aromatic carbocycles. The number of carbonyl (C=O) groups excluding carboxylic acids is 2. The highest BCUT2D eigenvalue weighted by atomic mass is 16.1. The molecule has 1 aliphatic rings. The van der Waals surface area contributed by atoms with Crippen LogP contribution in [0, 0.1) is 23.7 Å². The van der Waals surface area contributed by atoms with Crippen molar-refractivity contribution in [2.24, 2.45) is 23.7 Å². The third-order valence-corrected chi connectivity index (χ3v) is 28.9. The van der Waals surface area contributed by atoms with Crippen LogP contribution < -0.4 is 10.6 Å². The summed E-state index contributed by atoms with van der Waals surface area (Å²) in [5.74, 6) is 2.45. The lowest BCUT2D eigenvalue weighted by Crippen LogP contribution is -2.48. The summed E-state index contributed by atoms with van der Waals surface area (Å²) in [5.41, 5.74) is 4.14. The average molecular weight is 1610 g/mol. The van der Waals surface area contributed by atoms with Crippen LogP contribution in [0.4, 0.5) is 11.4 Å². The SMILES string of the molecule is CCCCCCCCCCCCCCC(CCCCCCCCCCCCCC)(Nc1ccc(NC(CCCCCCCCCCCCCC)(CCCCCCCCCCCCCC)C(CCCCCCCCCCC)CC(CC)CCCC)c2c1C(=O)c1ccccc1C2=O)C(CCCCCCCCCCC)CC(CC)CCCC. The highest BCUT2D eigenvalue weighted by Crippen LogP contribution is 2.48. The zero-order valence-corrected chi connectivity index (χ0v) is 80.6. The lowest BCUT2D eigenvalue weighted by molar-refractivity contribution is 0.0979. The molecule has 4 unspecified atom stereocenters. The van der Waals surface area contributed by atoms with E-state index in [9.17, 15) is 0 Å². The van der Waals surface area contributed by atoms with Gasteiger partial charge in [-0.05, 0) is 87.2 Å². The molecule has 2 aromatic rings. The Morgan fingerprint density at radius 1 is 0.224 bits per heavy atom. The zero-order chi connectivity index (χ0) is 83.6. The summed E-state index contributed by atoms with van der Waals surface area (Å²) in [4.78, 5) is 33.2. The Kier molecular flexibility index (Phi) is 70.5. The lowest BCUT2D eigenvalue weighted by atomic mass is 9.68. The summed E-state index contributed by atoms with van der Waals surface area (Å²) in [6.45, 7) is 23.9. The van der Waals surface area contributed by atoms with E-state index in [0.29, 0.717) is 45.9 Å². The van der Waals surface area contributed by atoms with Gasteiger partial charge < -0.3 is 10.6 Å². The van der Waals surface area contributed by atoms with Gasteiger partial charge in [-0.2, -0.15) is 0 Å². The summed E-state index contributed by atoms with van der Waals surface area (Å²) in [5, 5.41) is 9.46. The van der Waals surface area contributed by atoms with Crippen molar-refractivity contribution in [3.63, 3.8) is 0 Å². The van der Waals surface area contributed by atoms with Crippen LogP contribution in [0.5, 0.6) is 0 Å². The topological polar surface area (TPSA) is 58.2 Å². The third-order valence-electron chi connectivity index (χ3n) is 28.9. The van der Waals surface area contributed by atoms with E-state index >= 15 is 9.59 Å². The van der Waals surface area contributed by atoms with Crippen molar-refractivity contribution < 1.29 is 9.59 Å². The summed E-state index contributed by atoms with van der Waals surface area (Å²) in [6.07, 6.45) is 109. The Hall–Kier alpha value is -2.62. The molecule has 676 valence electrons. The third kappa shape index (κ3) is 49.6. The number of ketones is 2. The maximum atomic E-state index is 16.6. The quantitative estimate of drug-likeness (QED) is 0.0553. The van der Waals surface area contributed by atoms with E-state index in [2.05, 4.69) is 81.4 Å². The molecule has 116 heavy (non-hydrogen) atoms. The molecule has 0 saturated heterocycles. The molecule has 0 aromatic heterocycles. The van der Waals surface area contributed by atoms with Gasteiger partial charge in [0, 0.05) is 33.6 Å². The van der Waals surface area contributed by atoms with Crippen molar-refractivity contribution >= 4 is 22.9 Å². The Bertz CT molecular complexity index is 2270. The Balaban J connectivity index is 2.45. The van der Waals surface area contributed by atoms with Crippen LogP contribution in [-0.4, -0.2) is 22.6 Å². The fourth-order valence-corrected chi connectivity index (χ4v) is 21.0. The Labute approximate surface area is 727 Å². The van der Waals surface area contributed by atoms with Crippen LogP contribution in [0.25, 0.3) is 0 Å². The van der Waals surface area contributed by atoms with Crippen molar-refractivity contribution in [3.05, 3.63) is 58.7 Å². The molecular formula is C112H206N2O2. The number of unbranched alkanes of at least 4 members (excludes halogenated alkanes) is 62. The lowest BCUT2D eigenvalue weighted by Gasteiger charge is -2.46. The second kappa shape index (κ2) is 76.1. The van der Waals surface area contributed by atoms with Gasteiger partial charge in [-0.15, -0.1) is 0 Å². The first kappa shape index (κ1) is 108. The minimum Gasteiger partial charge on any atom is -0.379 e. The Morgan fingerprint density at radius 2 is 0.414 bits per heavy atom. The van der Waals surface area contributed by atoms with Crippen LogP contribution in [0.2, 0.25) is 0 Å². The first-order chi connectivity index (χ1) is 57.1. The molecule has 4 atom stereocenters. The van der Waals surface area contributed by atoms with Crippen LogP contribution >= 0.6 is 0 Å². The van der Waals surface area contributed by atoms with Gasteiger partial charge in [0.2, 0.25) is 0 Å². The van der Waals surface area contributed by atoms with Crippen LogP contribution in [-0.2, 0) is 0 Å². The number of nitrogens with one attached hydrogen (secondary N) is 2. The van der Waals surface area contributed by atoms with E-state index in [1.807, 2.05) is 24.3 Å².